The first-order chi connectivity index (χ1) is 10.6. The highest BCUT2D eigenvalue weighted by Crippen LogP contribution is 2.21. The largest absolute Gasteiger partial charge is 1.00 e. The number of hydrogen-bond donors (Lipinski definition) is 1. The lowest BCUT2D eigenvalue weighted by atomic mass is 10.2. The van der Waals surface area contributed by atoms with Crippen LogP contribution in [0.4, 0.5) is 5.69 Å². The molecule has 1 N–H and O–H groups in total. The van der Waals surface area contributed by atoms with Crippen LogP contribution in [0.3, 0.4) is 0 Å². The summed E-state index contributed by atoms with van der Waals surface area (Å²) in [5, 5.41) is 3.97. The number of carbonyl (C=O) groups is 1. The van der Waals surface area contributed by atoms with Gasteiger partial charge in [-0.1, -0.05) is 35.6 Å². The summed E-state index contributed by atoms with van der Waals surface area (Å²) in [5.41, 5.74) is 3.16. The molecule has 23 heavy (non-hydrogen) atoms. The molecule has 1 heterocycles. The molecule has 0 unspecified atom stereocenters. The number of carbonyl (C=O) groups excluding carboxylic acids is 1. The second-order valence-corrected chi connectivity index (χ2v) is 6.17. The van der Waals surface area contributed by atoms with Gasteiger partial charge < -0.3 is 29.3 Å². The summed E-state index contributed by atoms with van der Waals surface area (Å²) in [6.45, 7) is 1.51. The number of nitrogens with one attached hydrogen (secondary N) is 1. The van der Waals surface area contributed by atoms with E-state index in [1.807, 2.05) is 24.3 Å². The molecule has 2 aromatic carbocycles. The van der Waals surface area contributed by atoms with E-state index in [2.05, 4.69) is 53.3 Å². The number of fused-ring (bicyclic) bond motifs is 1. The second kappa shape index (κ2) is 7.70. The molecule has 1 aromatic heterocycles. The van der Waals surface area contributed by atoms with Gasteiger partial charge in [0, 0.05) is 24.8 Å². The normalized spacial score (nSPS) is 10.7. The molecule has 1 amide bonds. The summed E-state index contributed by atoms with van der Waals surface area (Å²) in [7, 11) is 2.08. The Morgan fingerprint density at radius 2 is 1.78 bits per heavy atom. The maximum absolute atomic E-state index is 11.0. The van der Waals surface area contributed by atoms with E-state index in [9.17, 15) is 4.79 Å². The highest BCUT2D eigenvalue weighted by atomic mass is 127. The number of rotatable bonds is 3. The smallest absolute Gasteiger partial charge is 0.262 e. The van der Waals surface area contributed by atoms with E-state index < -0.39 is 0 Å². The first-order valence-electron chi connectivity index (χ1n) is 7.07. The molecule has 0 aliphatic heterocycles. The number of anilines is 1. The van der Waals surface area contributed by atoms with E-state index >= 15 is 0 Å². The molecule has 0 saturated heterocycles. The fourth-order valence-corrected chi connectivity index (χ4v) is 3.37. The van der Waals surface area contributed by atoms with Crippen LogP contribution in [0.5, 0.6) is 0 Å². The third-order valence-corrected chi connectivity index (χ3v) is 4.61. The van der Waals surface area contributed by atoms with Crippen molar-refractivity contribution < 1.29 is 33.3 Å². The molecule has 0 aliphatic carbocycles. The Morgan fingerprint density at radius 3 is 2.43 bits per heavy atom. The minimum absolute atomic E-state index is 0. The average molecular weight is 436 g/mol. The fourth-order valence-electron chi connectivity index (χ4n) is 2.31. The van der Waals surface area contributed by atoms with E-state index in [1.54, 1.807) is 11.3 Å². The maximum Gasteiger partial charge on any atom is 0.262 e. The van der Waals surface area contributed by atoms with Crippen molar-refractivity contribution in [2.24, 2.45) is 7.05 Å². The standard InChI is InChI=1S/C18H16N2OS.HI/c1-13(21)19-15-10-7-14(8-11-15)9-12-18-20(2)16-5-3-4-6-17(16)22-18;/h3-12H,1-2H3;1H. The van der Waals surface area contributed by atoms with E-state index in [4.69, 9.17) is 0 Å². The number of aromatic nitrogens is 1. The van der Waals surface area contributed by atoms with Crippen molar-refractivity contribution in [2.45, 2.75) is 6.92 Å². The molecule has 118 valence electrons. The summed E-state index contributed by atoms with van der Waals surface area (Å²) in [4.78, 5) is 11.0. The van der Waals surface area contributed by atoms with Crippen molar-refractivity contribution in [2.75, 3.05) is 5.32 Å². The molecule has 0 spiro atoms. The van der Waals surface area contributed by atoms with Gasteiger partial charge in [-0.2, -0.15) is 4.57 Å². The van der Waals surface area contributed by atoms with Crippen LogP contribution in [-0.4, -0.2) is 5.91 Å². The van der Waals surface area contributed by atoms with Crippen molar-refractivity contribution in [1.82, 2.24) is 0 Å². The van der Waals surface area contributed by atoms with Crippen LogP contribution in [0.1, 0.15) is 17.5 Å². The molecule has 3 nitrogen and oxygen atoms in total. The number of amides is 1. The van der Waals surface area contributed by atoms with E-state index in [-0.39, 0.29) is 29.9 Å². The first-order valence-corrected chi connectivity index (χ1v) is 7.88. The number of nitrogens with zero attached hydrogens (tertiary/aromatic N) is 1. The first kappa shape index (κ1) is 17.6. The highest BCUT2D eigenvalue weighted by Gasteiger charge is 2.13. The van der Waals surface area contributed by atoms with Gasteiger partial charge in [-0.05, 0) is 29.8 Å². The monoisotopic (exact) mass is 436 g/mol. The lowest BCUT2D eigenvalue weighted by Gasteiger charge is -2.01. The third-order valence-electron chi connectivity index (χ3n) is 3.42. The van der Waals surface area contributed by atoms with Gasteiger partial charge in [0.1, 0.15) is 11.7 Å². The number of benzene rings is 2. The zero-order valence-electron chi connectivity index (χ0n) is 12.9. The number of hydrogen-bond acceptors (Lipinski definition) is 2. The Morgan fingerprint density at radius 1 is 1.09 bits per heavy atom. The zero-order valence-corrected chi connectivity index (χ0v) is 15.9. The molecule has 0 radical (unpaired) electrons. The quantitative estimate of drug-likeness (QED) is 0.480. The Labute approximate surface area is 156 Å². The van der Waals surface area contributed by atoms with Gasteiger partial charge >= 0.3 is 0 Å². The predicted molar refractivity (Wildman–Crippen MR) is 92.7 cm³/mol. The van der Waals surface area contributed by atoms with E-state index in [0.29, 0.717) is 0 Å². The van der Waals surface area contributed by atoms with Crippen LogP contribution in [0, 0.1) is 0 Å². The van der Waals surface area contributed by atoms with Gasteiger partial charge in [-0.3, -0.25) is 4.79 Å². The summed E-state index contributed by atoms with van der Waals surface area (Å²) >= 11 is 1.77. The Hall–Kier alpha value is -1.73. The summed E-state index contributed by atoms with van der Waals surface area (Å²) in [6, 6.07) is 16.2. The average Bonchev–Trinajstić information content (AvgIpc) is 2.83. The minimum atomic E-state index is -0.0550. The lowest BCUT2D eigenvalue weighted by Crippen LogP contribution is -3.00. The number of aryl methyl sites for hydroxylation is 1. The topological polar surface area (TPSA) is 33.0 Å². The van der Waals surface area contributed by atoms with E-state index in [1.165, 1.54) is 22.1 Å². The van der Waals surface area contributed by atoms with Gasteiger partial charge in [-0.15, -0.1) is 0 Å². The van der Waals surface area contributed by atoms with Gasteiger partial charge in [0.25, 0.3) is 5.01 Å². The fraction of sp³-hybridized carbons (Fsp3) is 0.111. The van der Waals surface area contributed by atoms with Gasteiger partial charge in [0.05, 0.1) is 0 Å². The Bertz CT molecular complexity index is 853. The van der Waals surface area contributed by atoms with Crippen LogP contribution >= 0.6 is 11.3 Å². The molecule has 0 saturated carbocycles. The molecule has 0 atom stereocenters. The van der Waals surface area contributed by atoms with Crippen molar-refractivity contribution in [3.05, 3.63) is 59.1 Å². The Kier molecular flexibility index (Phi) is 5.90. The molecule has 0 bridgehead atoms. The SMILES string of the molecule is CC(=O)Nc1ccc(/C=C/c2sc3ccccc3[n+]2C)cc1.[I-]. The number of para-hydroxylation sites is 1. The van der Waals surface area contributed by atoms with Gasteiger partial charge in [0.2, 0.25) is 11.4 Å². The number of thiazole rings is 1. The van der Waals surface area contributed by atoms with Crippen LogP contribution in [0.25, 0.3) is 22.4 Å². The summed E-state index contributed by atoms with van der Waals surface area (Å²) in [5.74, 6) is -0.0550. The molecule has 0 aliphatic rings. The van der Waals surface area contributed by atoms with Crippen LogP contribution in [0.2, 0.25) is 0 Å². The second-order valence-electron chi connectivity index (χ2n) is 5.10. The van der Waals surface area contributed by atoms with Crippen LogP contribution < -0.4 is 33.9 Å². The third kappa shape index (κ3) is 4.17. The van der Waals surface area contributed by atoms with E-state index in [0.717, 1.165) is 11.3 Å². The highest BCUT2D eigenvalue weighted by molar-refractivity contribution is 7.18. The summed E-state index contributed by atoms with van der Waals surface area (Å²) in [6.07, 6.45) is 4.21. The van der Waals surface area contributed by atoms with Crippen LogP contribution in [0.15, 0.2) is 48.5 Å². The lowest BCUT2D eigenvalue weighted by molar-refractivity contribution is -0.642. The molecular weight excluding hydrogens is 419 g/mol. The molecule has 0 fully saturated rings. The van der Waals surface area contributed by atoms with Crippen molar-refractivity contribution in [1.29, 1.82) is 0 Å². The van der Waals surface area contributed by atoms with Crippen molar-refractivity contribution in [3.63, 3.8) is 0 Å². The Balaban J connectivity index is 0.00000192. The van der Waals surface area contributed by atoms with Gasteiger partial charge in [0.15, 0.2) is 0 Å². The van der Waals surface area contributed by atoms with Crippen molar-refractivity contribution in [3.8, 4) is 0 Å². The van der Waals surface area contributed by atoms with Crippen LogP contribution in [-0.2, 0) is 11.8 Å². The predicted octanol–water partition coefficient (Wildman–Crippen LogP) is 0.859. The van der Waals surface area contributed by atoms with Gasteiger partial charge in [-0.25, -0.2) is 0 Å². The number of halogens is 1. The molecular formula is C18H17IN2OS. The van der Waals surface area contributed by atoms with Crippen molar-refractivity contribution >= 4 is 45.3 Å². The maximum atomic E-state index is 11.0. The molecule has 5 heteroatoms. The minimum Gasteiger partial charge on any atom is -1.00 e. The molecule has 3 aromatic rings. The summed E-state index contributed by atoms with van der Waals surface area (Å²) < 4.78 is 3.48. The zero-order chi connectivity index (χ0) is 15.5. The molecule has 3 rings (SSSR count).